The number of para-hydroxylation sites is 1. The van der Waals surface area contributed by atoms with Crippen LogP contribution < -0.4 is 4.48 Å². The first-order valence-corrected chi connectivity index (χ1v) is 7.08. The number of allylic oxidation sites excluding steroid dienone is 1. The first kappa shape index (κ1) is 13.8. The van der Waals surface area contributed by atoms with Crippen LogP contribution in [0.5, 0.6) is 0 Å². The van der Waals surface area contributed by atoms with E-state index in [-0.39, 0.29) is 10.6 Å². The van der Waals surface area contributed by atoms with Gasteiger partial charge in [-0.05, 0) is 38.7 Å². The zero-order valence-corrected chi connectivity index (χ0v) is 11.5. The maximum Gasteiger partial charge on any atom is 0.525 e. The molecular formula is C16H22NO2+. The van der Waals surface area contributed by atoms with Gasteiger partial charge in [-0.15, -0.1) is 0 Å². The summed E-state index contributed by atoms with van der Waals surface area (Å²) >= 11 is 0. The van der Waals surface area contributed by atoms with Gasteiger partial charge in [0.15, 0.2) is 0 Å². The van der Waals surface area contributed by atoms with Crippen molar-refractivity contribution in [2.75, 3.05) is 13.2 Å². The number of ether oxygens (including phenoxy) is 1. The predicted molar refractivity (Wildman–Crippen MR) is 77.7 cm³/mol. The minimum Gasteiger partial charge on any atom is -0.420 e. The Morgan fingerprint density at radius 3 is 2.74 bits per heavy atom. The van der Waals surface area contributed by atoms with Gasteiger partial charge in [0.05, 0.1) is 13.2 Å². The lowest BCUT2D eigenvalue weighted by atomic mass is 10.1. The topological polar surface area (TPSA) is 26.3 Å². The van der Waals surface area contributed by atoms with Crippen LogP contribution in [-0.4, -0.2) is 19.2 Å². The van der Waals surface area contributed by atoms with Crippen LogP contribution in [0.3, 0.4) is 0 Å². The monoisotopic (exact) mass is 260 g/mol. The predicted octanol–water partition coefficient (Wildman–Crippen LogP) is 4.24. The normalized spacial score (nSPS) is 23.4. The summed E-state index contributed by atoms with van der Waals surface area (Å²) < 4.78 is 5.51. The van der Waals surface area contributed by atoms with Gasteiger partial charge in [-0.2, -0.15) is 9.28 Å². The minimum absolute atomic E-state index is 0.174. The lowest BCUT2D eigenvalue weighted by Crippen LogP contribution is -2.50. The van der Waals surface area contributed by atoms with Gasteiger partial charge >= 0.3 is 6.09 Å². The zero-order valence-electron chi connectivity index (χ0n) is 11.5. The molecule has 1 aromatic carbocycles. The van der Waals surface area contributed by atoms with Crippen molar-refractivity contribution in [3.8, 4) is 0 Å². The molecule has 1 unspecified atom stereocenters. The molecule has 1 amide bonds. The molecule has 0 N–H and O–H groups in total. The van der Waals surface area contributed by atoms with Crippen LogP contribution in [0.2, 0.25) is 0 Å². The standard InChI is InChI=1S/C16H22NO2/c1-2-19-16(18)17(15-11-7-6-8-12-15)13-9-4-3-5-10-14-17/h6-9,11-13H,2-5,10,14H2,1H3/q+1. The van der Waals surface area contributed by atoms with Crippen molar-refractivity contribution in [2.45, 2.75) is 32.6 Å². The van der Waals surface area contributed by atoms with E-state index in [0.29, 0.717) is 6.61 Å². The lowest BCUT2D eigenvalue weighted by Gasteiger charge is -2.31. The summed E-state index contributed by atoms with van der Waals surface area (Å²) in [6, 6.07) is 9.92. The Kier molecular flexibility index (Phi) is 4.74. The number of rotatable bonds is 2. The van der Waals surface area contributed by atoms with E-state index >= 15 is 0 Å². The van der Waals surface area contributed by atoms with E-state index in [4.69, 9.17) is 4.74 Å². The fourth-order valence-corrected chi connectivity index (χ4v) is 2.53. The smallest absolute Gasteiger partial charge is 0.420 e. The summed E-state index contributed by atoms with van der Waals surface area (Å²) in [6.07, 6.45) is 8.39. The third-order valence-electron chi connectivity index (χ3n) is 3.55. The van der Waals surface area contributed by atoms with E-state index in [1.807, 2.05) is 43.5 Å². The Bertz CT molecular complexity index is 441. The highest BCUT2D eigenvalue weighted by Gasteiger charge is 2.39. The van der Waals surface area contributed by atoms with Crippen molar-refractivity contribution in [1.29, 1.82) is 0 Å². The summed E-state index contributed by atoms with van der Waals surface area (Å²) in [5, 5.41) is 0. The Morgan fingerprint density at radius 1 is 1.21 bits per heavy atom. The van der Waals surface area contributed by atoms with E-state index in [1.54, 1.807) is 0 Å². The first-order chi connectivity index (χ1) is 9.29. The highest BCUT2D eigenvalue weighted by Crippen LogP contribution is 2.28. The number of nitrogens with zero attached hydrogens (tertiary/aromatic N) is 1. The molecule has 2 rings (SSSR count). The fraction of sp³-hybridized carbons (Fsp3) is 0.438. The van der Waals surface area contributed by atoms with Crippen LogP contribution in [0, 0.1) is 0 Å². The quantitative estimate of drug-likeness (QED) is 0.743. The summed E-state index contributed by atoms with van der Waals surface area (Å²) in [5.74, 6) is 0. The number of hydrogen-bond donors (Lipinski definition) is 0. The van der Waals surface area contributed by atoms with Crippen molar-refractivity contribution < 1.29 is 9.53 Å². The Labute approximate surface area is 115 Å². The Balaban J connectivity index is 2.41. The third kappa shape index (κ3) is 3.04. The number of carbonyl (C=O) groups excluding carboxylic acids is 1. The van der Waals surface area contributed by atoms with Crippen molar-refractivity contribution in [3.05, 3.63) is 42.6 Å². The fourth-order valence-electron chi connectivity index (χ4n) is 2.53. The number of hydrogen-bond acceptors (Lipinski definition) is 2. The molecule has 0 spiro atoms. The van der Waals surface area contributed by atoms with E-state index in [2.05, 4.69) is 6.08 Å². The largest absolute Gasteiger partial charge is 0.525 e. The molecule has 1 aromatic rings. The van der Waals surface area contributed by atoms with Crippen LogP contribution in [0.4, 0.5) is 10.5 Å². The second kappa shape index (κ2) is 6.53. The summed E-state index contributed by atoms with van der Waals surface area (Å²) in [6.45, 7) is 3.05. The van der Waals surface area contributed by atoms with E-state index in [1.165, 1.54) is 6.42 Å². The molecule has 102 valence electrons. The molecule has 0 radical (unpaired) electrons. The van der Waals surface area contributed by atoms with Gasteiger partial charge < -0.3 is 4.74 Å². The van der Waals surface area contributed by atoms with E-state index in [0.717, 1.165) is 31.5 Å². The van der Waals surface area contributed by atoms with Crippen LogP contribution in [0.1, 0.15) is 32.6 Å². The molecule has 3 nitrogen and oxygen atoms in total. The molecule has 3 heteroatoms. The van der Waals surface area contributed by atoms with Crippen molar-refractivity contribution in [1.82, 2.24) is 4.48 Å². The SMILES string of the molecule is CCOC(=O)[N+]1(c2ccccc2)C=CCCCCC1. The summed E-state index contributed by atoms with van der Waals surface area (Å²) in [5.41, 5.74) is 0.985. The van der Waals surface area contributed by atoms with Crippen molar-refractivity contribution >= 4 is 11.8 Å². The number of benzene rings is 1. The molecule has 0 saturated carbocycles. The molecule has 1 heterocycles. The second-order valence-corrected chi connectivity index (χ2v) is 4.86. The van der Waals surface area contributed by atoms with Crippen LogP contribution >= 0.6 is 0 Å². The first-order valence-electron chi connectivity index (χ1n) is 7.08. The molecule has 19 heavy (non-hydrogen) atoms. The number of carbonyl (C=O) groups is 1. The number of amides is 1. The lowest BCUT2D eigenvalue weighted by molar-refractivity contribution is 0.122. The van der Waals surface area contributed by atoms with Gasteiger partial charge in [-0.3, -0.25) is 0 Å². The van der Waals surface area contributed by atoms with E-state index < -0.39 is 0 Å². The maximum atomic E-state index is 12.5. The molecule has 0 saturated heterocycles. The minimum atomic E-state index is -0.174. The zero-order chi connectivity index (χ0) is 13.6. The highest BCUT2D eigenvalue weighted by atomic mass is 16.6. The summed E-state index contributed by atoms with van der Waals surface area (Å²) in [4.78, 5) is 12.5. The van der Waals surface area contributed by atoms with Gasteiger partial charge in [0.25, 0.3) is 0 Å². The highest BCUT2D eigenvalue weighted by molar-refractivity contribution is 5.84. The third-order valence-corrected chi connectivity index (χ3v) is 3.55. The van der Waals surface area contributed by atoms with Gasteiger partial charge in [-0.25, -0.2) is 0 Å². The van der Waals surface area contributed by atoms with Gasteiger partial charge in [-0.1, -0.05) is 18.2 Å². The van der Waals surface area contributed by atoms with Gasteiger partial charge in [0.1, 0.15) is 11.9 Å². The second-order valence-electron chi connectivity index (χ2n) is 4.86. The molecule has 1 aliphatic heterocycles. The molecular weight excluding hydrogens is 238 g/mol. The van der Waals surface area contributed by atoms with Crippen LogP contribution in [-0.2, 0) is 4.74 Å². The molecule has 0 fully saturated rings. The average molecular weight is 260 g/mol. The molecule has 1 aliphatic rings. The molecule has 0 aliphatic carbocycles. The van der Waals surface area contributed by atoms with Crippen LogP contribution in [0.15, 0.2) is 42.6 Å². The molecule has 0 aromatic heterocycles. The Morgan fingerprint density at radius 2 is 2.00 bits per heavy atom. The maximum absolute atomic E-state index is 12.5. The Hall–Kier alpha value is -1.61. The van der Waals surface area contributed by atoms with Crippen molar-refractivity contribution in [2.24, 2.45) is 0 Å². The molecule has 1 atom stereocenters. The number of quaternary nitrogens is 1. The van der Waals surface area contributed by atoms with Crippen molar-refractivity contribution in [3.63, 3.8) is 0 Å². The van der Waals surface area contributed by atoms with Gasteiger partial charge in [0.2, 0.25) is 0 Å². The summed E-state index contributed by atoms with van der Waals surface area (Å²) in [7, 11) is 0. The van der Waals surface area contributed by atoms with Gasteiger partial charge in [0, 0.05) is 12.1 Å². The molecule has 0 bridgehead atoms. The van der Waals surface area contributed by atoms with E-state index in [9.17, 15) is 4.79 Å². The van der Waals surface area contributed by atoms with Crippen LogP contribution in [0.25, 0.3) is 0 Å². The average Bonchev–Trinajstić information content (AvgIpc) is 2.40.